The number of hydrogen-bond donors (Lipinski definition) is 3. The molecule has 1 aromatic carbocycles. The molecule has 9 heteroatoms. The van der Waals surface area contributed by atoms with Gasteiger partial charge in [0.05, 0.1) is 25.1 Å². The minimum absolute atomic E-state index is 0.119. The molecular formula is C23H26N6O3. The Morgan fingerprint density at radius 1 is 1.03 bits per heavy atom. The van der Waals surface area contributed by atoms with Crippen LogP contribution >= 0.6 is 0 Å². The quantitative estimate of drug-likeness (QED) is 0.536. The zero-order valence-electron chi connectivity index (χ0n) is 17.8. The van der Waals surface area contributed by atoms with Crippen molar-refractivity contribution < 1.29 is 14.9 Å². The summed E-state index contributed by atoms with van der Waals surface area (Å²) in [5, 5.41) is 40.2. The van der Waals surface area contributed by atoms with E-state index in [-0.39, 0.29) is 11.9 Å². The number of ether oxygens (including phenoxy) is 1. The molecule has 3 heterocycles. The molecule has 0 bridgehead atoms. The van der Waals surface area contributed by atoms with Gasteiger partial charge in [-0.3, -0.25) is 0 Å². The molecule has 0 spiro atoms. The molecule has 1 atom stereocenters. The highest BCUT2D eigenvalue weighted by atomic mass is 16.5. The first-order chi connectivity index (χ1) is 15.6. The average Bonchev–Trinajstić information content (AvgIpc) is 3.27. The highest BCUT2D eigenvalue weighted by Crippen LogP contribution is 2.33. The molecule has 3 N–H and O–H groups in total. The topological polar surface area (TPSA) is 117 Å². The largest absolute Gasteiger partial charge is 0.507 e. The van der Waals surface area contributed by atoms with Crippen molar-refractivity contribution >= 4 is 5.82 Å². The second kappa shape index (κ2) is 8.68. The van der Waals surface area contributed by atoms with Gasteiger partial charge in [0.1, 0.15) is 5.75 Å². The van der Waals surface area contributed by atoms with E-state index in [0.717, 1.165) is 49.3 Å². The van der Waals surface area contributed by atoms with E-state index < -0.39 is 0 Å². The summed E-state index contributed by atoms with van der Waals surface area (Å²) in [5.41, 5.74) is 2.83. The summed E-state index contributed by atoms with van der Waals surface area (Å²) in [4.78, 5) is 2.22. The van der Waals surface area contributed by atoms with Gasteiger partial charge in [-0.05, 0) is 49.1 Å². The monoisotopic (exact) mass is 434 g/mol. The van der Waals surface area contributed by atoms with Gasteiger partial charge in [-0.15, -0.1) is 15.3 Å². The Morgan fingerprint density at radius 2 is 1.91 bits per heavy atom. The van der Waals surface area contributed by atoms with Crippen LogP contribution in [-0.4, -0.2) is 69.0 Å². The summed E-state index contributed by atoms with van der Waals surface area (Å²) in [7, 11) is 1.54. The molecule has 3 aromatic rings. The zero-order chi connectivity index (χ0) is 22.1. The first kappa shape index (κ1) is 20.6. The summed E-state index contributed by atoms with van der Waals surface area (Å²) < 4.78 is 5.12. The first-order valence-electron chi connectivity index (χ1n) is 10.8. The van der Waals surface area contributed by atoms with E-state index in [2.05, 4.69) is 30.6 Å². The van der Waals surface area contributed by atoms with E-state index in [1.807, 2.05) is 24.3 Å². The maximum Gasteiger partial charge on any atom is 0.233 e. The Balaban J connectivity index is 1.27. The SMILES string of the molecule is COc1cc(-c2ccc(-c3ccc(N4CCC(N[C@H]5C[C@H](O)C5)C4)nn3)c(O)c2)cnn1. The molecule has 2 aliphatic rings. The van der Waals surface area contributed by atoms with Crippen molar-refractivity contribution in [2.24, 2.45) is 0 Å². The Kier molecular flexibility index (Phi) is 5.59. The lowest BCUT2D eigenvalue weighted by molar-refractivity contribution is 0.0588. The molecule has 5 rings (SSSR count). The summed E-state index contributed by atoms with van der Waals surface area (Å²) in [6.07, 6.45) is 4.22. The van der Waals surface area contributed by atoms with E-state index in [1.54, 1.807) is 18.3 Å². The van der Waals surface area contributed by atoms with Crippen molar-refractivity contribution in [3.05, 3.63) is 42.6 Å². The number of rotatable bonds is 6. The lowest BCUT2D eigenvalue weighted by Crippen LogP contribution is -2.49. The van der Waals surface area contributed by atoms with Crippen molar-refractivity contribution in [1.29, 1.82) is 0 Å². The molecule has 1 aliphatic heterocycles. The minimum atomic E-state index is -0.141. The number of methoxy groups -OCH3 is 1. The molecule has 0 amide bonds. The molecule has 1 aliphatic carbocycles. The van der Waals surface area contributed by atoms with Gasteiger partial charge >= 0.3 is 0 Å². The Labute approximate surface area is 186 Å². The van der Waals surface area contributed by atoms with Gasteiger partial charge in [0.2, 0.25) is 5.88 Å². The number of benzene rings is 1. The summed E-state index contributed by atoms with van der Waals surface area (Å²) in [6, 6.07) is 11.8. The maximum absolute atomic E-state index is 10.6. The van der Waals surface area contributed by atoms with Crippen LogP contribution in [-0.2, 0) is 0 Å². The van der Waals surface area contributed by atoms with Gasteiger partial charge in [-0.2, -0.15) is 5.10 Å². The molecule has 1 saturated heterocycles. The molecule has 1 unspecified atom stereocenters. The van der Waals surface area contributed by atoms with E-state index in [9.17, 15) is 10.2 Å². The zero-order valence-corrected chi connectivity index (χ0v) is 17.8. The predicted octanol–water partition coefficient (Wildman–Crippen LogP) is 2.01. The number of anilines is 1. The number of phenols is 1. The molecule has 0 radical (unpaired) electrons. The predicted molar refractivity (Wildman–Crippen MR) is 119 cm³/mol. The number of aromatic hydroxyl groups is 1. The first-order valence-corrected chi connectivity index (χ1v) is 10.8. The fourth-order valence-corrected chi connectivity index (χ4v) is 4.33. The number of aliphatic hydroxyl groups excluding tert-OH is 1. The molecule has 1 saturated carbocycles. The van der Waals surface area contributed by atoms with Crippen LogP contribution in [0.2, 0.25) is 0 Å². The smallest absolute Gasteiger partial charge is 0.233 e. The third-order valence-corrected chi connectivity index (χ3v) is 6.20. The number of nitrogens with zero attached hydrogens (tertiary/aromatic N) is 5. The van der Waals surface area contributed by atoms with Crippen LogP contribution in [0.5, 0.6) is 11.6 Å². The van der Waals surface area contributed by atoms with Gasteiger partial charge in [-0.1, -0.05) is 6.07 Å². The molecule has 2 fully saturated rings. The standard InChI is InChI=1S/C23H26N6O3/c1-32-23-9-15(12-24-28-23)14-2-3-19(21(31)8-14)20-4-5-22(27-26-20)29-7-6-16(13-29)25-17-10-18(30)11-17/h2-5,8-9,12,16-18,25,30-31H,6-7,10-11,13H2,1H3/t16?,17-,18-. The van der Waals surface area contributed by atoms with Crippen molar-refractivity contribution in [2.45, 2.75) is 37.5 Å². The molecule has 2 aromatic heterocycles. The van der Waals surface area contributed by atoms with Crippen LogP contribution in [0.4, 0.5) is 5.82 Å². The van der Waals surface area contributed by atoms with E-state index in [0.29, 0.717) is 29.2 Å². The second-order valence-electron chi connectivity index (χ2n) is 8.42. The van der Waals surface area contributed by atoms with Crippen LogP contribution in [0.25, 0.3) is 22.4 Å². The van der Waals surface area contributed by atoms with Crippen molar-refractivity contribution in [3.63, 3.8) is 0 Å². The van der Waals surface area contributed by atoms with Crippen LogP contribution in [0.3, 0.4) is 0 Å². The summed E-state index contributed by atoms with van der Waals surface area (Å²) in [5.74, 6) is 1.36. The lowest BCUT2D eigenvalue weighted by atomic mass is 9.89. The van der Waals surface area contributed by atoms with Crippen LogP contribution in [0, 0.1) is 0 Å². The second-order valence-corrected chi connectivity index (χ2v) is 8.42. The van der Waals surface area contributed by atoms with Gasteiger partial charge in [0.25, 0.3) is 0 Å². The van der Waals surface area contributed by atoms with Crippen LogP contribution in [0.15, 0.2) is 42.6 Å². The minimum Gasteiger partial charge on any atom is -0.507 e. The van der Waals surface area contributed by atoms with E-state index in [4.69, 9.17) is 4.74 Å². The highest BCUT2D eigenvalue weighted by molar-refractivity contribution is 5.74. The lowest BCUT2D eigenvalue weighted by Gasteiger charge is -2.34. The number of nitrogens with one attached hydrogen (secondary N) is 1. The Hall–Kier alpha value is -3.30. The van der Waals surface area contributed by atoms with Crippen molar-refractivity contribution in [1.82, 2.24) is 25.7 Å². The van der Waals surface area contributed by atoms with E-state index in [1.165, 1.54) is 7.11 Å². The van der Waals surface area contributed by atoms with Crippen LogP contribution in [0.1, 0.15) is 19.3 Å². The van der Waals surface area contributed by atoms with Gasteiger partial charge in [-0.25, -0.2) is 0 Å². The summed E-state index contributed by atoms with van der Waals surface area (Å²) >= 11 is 0. The van der Waals surface area contributed by atoms with Gasteiger partial charge < -0.3 is 25.2 Å². The van der Waals surface area contributed by atoms with E-state index >= 15 is 0 Å². The summed E-state index contributed by atoms with van der Waals surface area (Å²) in [6.45, 7) is 1.80. The van der Waals surface area contributed by atoms with Crippen molar-refractivity contribution in [2.75, 3.05) is 25.1 Å². The Morgan fingerprint density at radius 3 is 2.62 bits per heavy atom. The highest BCUT2D eigenvalue weighted by Gasteiger charge is 2.32. The Bertz CT molecular complexity index is 1090. The third-order valence-electron chi connectivity index (χ3n) is 6.20. The number of phenolic OH excluding ortho intramolecular Hbond substituents is 1. The van der Waals surface area contributed by atoms with Crippen LogP contribution < -0.4 is 15.0 Å². The number of hydrogen-bond acceptors (Lipinski definition) is 9. The fourth-order valence-electron chi connectivity index (χ4n) is 4.33. The van der Waals surface area contributed by atoms with Gasteiger partial charge in [0, 0.05) is 42.4 Å². The molecular weight excluding hydrogens is 408 g/mol. The maximum atomic E-state index is 10.6. The molecule has 32 heavy (non-hydrogen) atoms. The van der Waals surface area contributed by atoms with Crippen molar-refractivity contribution in [3.8, 4) is 34.0 Å². The fraction of sp³-hybridized carbons (Fsp3) is 0.391. The number of aromatic nitrogens is 4. The normalized spacial score (nSPS) is 22.6. The average molecular weight is 435 g/mol. The number of aliphatic hydroxyl groups is 1. The van der Waals surface area contributed by atoms with Gasteiger partial charge in [0.15, 0.2) is 5.82 Å². The third kappa shape index (κ3) is 4.21. The molecule has 9 nitrogen and oxygen atoms in total. The molecule has 166 valence electrons.